The van der Waals surface area contributed by atoms with Gasteiger partial charge in [0.15, 0.2) is 0 Å². The molecule has 0 unspecified atom stereocenters. The molecule has 8 heteroatoms. The number of amides is 2. The number of carbonyl (C=O) groups is 2. The molecule has 1 fully saturated rings. The summed E-state index contributed by atoms with van der Waals surface area (Å²) in [6, 6.07) is 15.9. The van der Waals surface area contributed by atoms with Gasteiger partial charge in [-0.15, -0.1) is 0 Å². The molecular formula is C24H26ClFN4O2. The number of halogens is 2. The summed E-state index contributed by atoms with van der Waals surface area (Å²) in [5, 5.41) is 9.30. The van der Waals surface area contributed by atoms with E-state index in [4.69, 9.17) is 16.9 Å². The van der Waals surface area contributed by atoms with Crippen molar-refractivity contribution in [3.8, 4) is 6.07 Å². The smallest absolute Gasteiger partial charge is 0.227 e. The van der Waals surface area contributed by atoms with Crippen LogP contribution in [-0.2, 0) is 16.1 Å². The van der Waals surface area contributed by atoms with Crippen molar-refractivity contribution in [1.29, 1.82) is 5.26 Å². The summed E-state index contributed by atoms with van der Waals surface area (Å²) in [6.07, 6.45) is 0.431. The molecule has 2 aromatic carbocycles. The van der Waals surface area contributed by atoms with Crippen molar-refractivity contribution in [3.05, 3.63) is 64.9 Å². The highest BCUT2D eigenvalue weighted by atomic mass is 35.5. The molecule has 1 aliphatic heterocycles. The van der Waals surface area contributed by atoms with Crippen LogP contribution in [0.5, 0.6) is 0 Å². The molecular weight excluding hydrogens is 431 g/mol. The summed E-state index contributed by atoms with van der Waals surface area (Å²) in [6.45, 7) is 2.97. The molecule has 2 aromatic rings. The number of para-hydroxylation sites is 1. The fraction of sp³-hybridized carbons (Fsp3) is 0.375. The Morgan fingerprint density at radius 2 is 1.75 bits per heavy atom. The van der Waals surface area contributed by atoms with E-state index in [1.54, 1.807) is 21.9 Å². The molecule has 2 amide bonds. The third-order valence-electron chi connectivity index (χ3n) is 5.54. The van der Waals surface area contributed by atoms with Crippen LogP contribution in [0, 0.1) is 17.1 Å². The summed E-state index contributed by atoms with van der Waals surface area (Å²) < 4.78 is 14.0. The molecule has 0 atom stereocenters. The van der Waals surface area contributed by atoms with Gasteiger partial charge in [-0.2, -0.15) is 5.26 Å². The Hall–Kier alpha value is -2.95. The average Bonchev–Trinajstić information content (AvgIpc) is 2.81. The van der Waals surface area contributed by atoms with Crippen LogP contribution in [-0.4, -0.2) is 54.3 Å². The first-order valence-corrected chi connectivity index (χ1v) is 11.0. The molecule has 0 radical (unpaired) electrons. The second-order valence-electron chi connectivity index (χ2n) is 7.65. The van der Waals surface area contributed by atoms with E-state index in [1.807, 2.05) is 30.3 Å². The first-order chi connectivity index (χ1) is 15.5. The number of benzene rings is 2. The summed E-state index contributed by atoms with van der Waals surface area (Å²) in [4.78, 5) is 30.8. The van der Waals surface area contributed by atoms with Gasteiger partial charge in [0.05, 0.1) is 12.5 Å². The average molecular weight is 457 g/mol. The quantitative estimate of drug-likeness (QED) is 0.605. The molecule has 1 aliphatic rings. The van der Waals surface area contributed by atoms with Gasteiger partial charge in [0.25, 0.3) is 0 Å². The van der Waals surface area contributed by atoms with Crippen LogP contribution in [0.3, 0.4) is 0 Å². The molecule has 0 N–H and O–H groups in total. The lowest BCUT2D eigenvalue weighted by atomic mass is 10.1. The molecule has 1 heterocycles. The summed E-state index contributed by atoms with van der Waals surface area (Å²) in [5.74, 6) is -0.572. The van der Waals surface area contributed by atoms with Gasteiger partial charge in [-0.05, 0) is 24.3 Å². The normalized spacial score (nSPS) is 14.1. The van der Waals surface area contributed by atoms with E-state index in [2.05, 4.69) is 11.0 Å². The van der Waals surface area contributed by atoms with Gasteiger partial charge in [-0.25, -0.2) is 4.39 Å². The molecule has 168 valence electrons. The highest BCUT2D eigenvalue weighted by molar-refractivity contribution is 6.31. The Bertz CT molecular complexity index is 951. The zero-order valence-corrected chi connectivity index (χ0v) is 18.6. The number of rotatable bonds is 8. The Labute approximate surface area is 192 Å². The van der Waals surface area contributed by atoms with E-state index in [1.165, 1.54) is 6.07 Å². The largest absolute Gasteiger partial charge is 0.340 e. The van der Waals surface area contributed by atoms with Crippen LogP contribution in [0.15, 0.2) is 48.5 Å². The molecule has 0 spiro atoms. The van der Waals surface area contributed by atoms with Crippen molar-refractivity contribution < 1.29 is 14.0 Å². The monoisotopic (exact) mass is 456 g/mol. The zero-order chi connectivity index (χ0) is 22.9. The number of nitrogens with zero attached hydrogens (tertiary/aromatic N) is 4. The Morgan fingerprint density at radius 3 is 2.41 bits per heavy atom. The van der Waals surface area contributed by atoms with Gasteiger partial charge in [0.1, 0.15) is 5.82 Å². The number of hydrogen-bond donors (Lipinski definition) is 0. The predicted molar refractivity (Wildman–Crippen MR) is 122 cm³/mol. The van der Waals surface area contributed by atoms with Crippen molar-refractivity contribution in [1.82, 2.24) is 9.80 Å². The van der Waals surface area contributed by atoms with Crippen LogP contribution in [0.1, 0.15) is 24.8 Å². The topological polar surface area (TPSA) is 67.6 Å². The molecule has 3 rings (SSSR count). The van der Waals surface area contributed by atoms with Gasteiger partial charge in [0.2, 0.25) is 11.8 Å². The number of piperazine rings is 1. The highest BCUT2D eigenvalue weighted by Gasteiger charge is 2.24. The zero-order valence-electron chi connectivity index (χ0n) is 17.8. The van der Waals surface area contributed by atoms with Crippen LogP contribution in [0.4, 0.5) is 10.1 Å². The maximum Gasteiger partial charge on any atom is 0.227 e. The van der Waals surface area contributed by atoms with Crippen molar-refractivity contribution in [2.75, 3.05) is 37.6 Å². The Kier molecular flexibility index (Phi) is 8.60. The first-order valence-electron chi connectivity index (χ1n) is 10.6. The minimum absolute atomic E-state index is 0.0739. The van der Waals surface area contributed by atoms with E-state index in [0.29, 0.717) is 49.9 Å². The molecule has 32 heavy (non-hydrogen) atoms. The summed E-state index contributed by atoms with van der Waals surface area (Å²) in [7, 11) is 0. The molecule has 1 saturated heterocycles. The molecule has 0 aromatic heterocycles. The summed E-state index contributed by atoms with van der Waals surface area (Å²) in [5.41, 5.74) is 1.19. The number of nitriles is 1. The fourth-order valence-electron chi connectivity index (χ4n) is 3.74. The van der Waals surface area contributed by atoms with E-state index >= 15 is 0 Å². The second-order valence-corrected chi connectivity index (χ2v) is 8.05. The van der Waals surface area contributed by atoms with Gasteiger partial charge in [-0.3, -0.25) is 14.5 Å². The SMILES string of the molecule is N#CCCN(C(=O)CCC(=O)N1CCN(Cc2c(F)cccc2Cl)CC1)c1ccccc1. The molecule has 6 nitrogen and oxygen atoms in total. The van der Waals surface area contributed by atoms with Crippen LogP contribution in [0.25, 0.3) is 0 Å². The van der Waals surface area contributed by atoms with E-state index in [0.717, 1.165) is 5.69 Å². The lowest BCUT2D eigenvalue weighted by Crippen LogP contribution is -2.48. The third-order valence-corrected chi connectivity index (χ3v) is 5.89. The lowest BCUT2D eigenvalue weighted by Gasteiger charge is -2.35. The Morgan fingerprint density at radius 1 is 1.03 bits per heavy atom. The van der Waals surface area contributed by atoms with Gasteiger partial charge >= 0.3 is 0 Å². The van der Waals surface area contributed by atoms with Crippen LogP contribution >= 0.6 is 11.6 Å². The highest BCUT2D eigenvalue weighted by Crippen LogP contribution is 2.22. The van der Waals surface area contributed by atoms with Crippen molar-refractivity contribution in [2.45, 2.75) is 25.8 Å². The minimum atomic E-state index is -0.325. The molecule has 0 bridgehead atoms. The lowest BCUT2D eigenvalue weighted by molar-refractivity contribution is -0.134. The van der Waals surface area contributed by atoms with Crippen LogP contribution < -0.4 is 4.90 Å². The maximum atomic E-state index is 14.0. The van der Waals surface area contributed by atoms with Crippen molar-refractivity contribution in [3.63, 3.8) is 0 Å². The maximum absolute atomic E-state index is 14.0. The molecule has 0 aliphatic carbocycles. The van der Waals surface area contributed by atoms with Crippen LogP contribution in [0.2, 0.25) is 5.02 Å². The second kappa shape index (κ2) is 11.6. The third kappa shape index (κ3) is 6.28. The Balaban J connectivity index is 1.49. The van der Waals surface area contributed by atoms with Crippen molar-refractivity contribution >= 4 is 29.1 Å². The van der Waals surface area contributed by atoms with Gasteiger partial charge in [-0.1, -0.05) is 35.9 Å². The standard InChI is InChI=1S/C24H26ClFN4O2/c25-21-8-4-9-22(26)20(21)18-28-14-16-29(17-15-28)23(31)10-11-24(32)30(13-5-12-27)19-6-2-1-3-7-19/h1-4,6-9H,5,10-11,13-18H2. The number of anilines is 1. The fourth-order valence-corrected chi connectivity index (χ4v) is 3.96. The van der Waals surface area contributed by atoms with Gasteiger partial charge in [0, 0.05) is 68.4 Å². The number of hydrogen-bond acceptors (Lipinski definition) is 4. The van der Waals surface area contributed by atoms with Gasteiger partial charge < -0.3 is 9.80 Å². The van der Waals surface area contributed by atoms with E-state index in [-0.39, 0.29) is 36.9 Å². The van der Waals surface area contributed by atoms with E-state index < -0.39 is 0 Å². The molecule has 0 saturated carbocycles. The van der Waals surface area contributed by atoms with Crippen molar-refractivity contribution in [2.24, 2.45) is 0 Å². The minimum Gasteiger partial charge on any atom is -0.340 e. The summed E-state index contributed by atoms with van der Waals surface area (Å²) >= 11 is 6.12. The van der Waals surface area contributed by atoms with E-state index in [9.17, 15) is 14.0 Å². The number of carbonyl (C=O) groups excluding carboxylic acids is 2. The predicted octanol–water partition coefficient (Wildman–Crippen LogP) is 3.85. The first kappa shape index (κ1) is 23.7.